The highest BCUT2D eigenvalue weighted by atomic mass is 32.2. The van der Waals surface area contributed by atoms with Crippen LogP contribution in [0.5, 0.6) is 0 Å². The summed E-state index contributed by atoms with van der Waals surface area (Å²) in [6, 6.07) is 4.44. The number of sulfonamides is 1. The first kappa shape index (κ1) is 21.1. The fourth-order valence-electron chi connectivity index (χ4n) is 4.39. The maximum atomic E-state index is 14.5. The van der Waals surface area contributed by atoms with Gasteiger partial charge in [-0.3, -0.25) is 5.10 Å². The highest BCUT2D eigenvalue weighted by Gasteiger charge is 2.32. The zero-order valence-corrected chi connectivity index (χ0v) is 19.0. The number of rotatable bonds is 4. The van der Waals surface area contributed by atoms with Crippen LogP contribution >= 0.6 is 0 Å². The number of H-pyrrole nitrogens is 1. The summed E-state index contributed by atoms with van der Waals surface area (Å²) in [7, 11) is -3.61. The van der Waals surface area contributed by atoms with Crippen LogP contribution in [0.25, 0.3) is 0 Å². The van der Waals surface area contributed by atoms with Gasteiger partial charge in [0.25, 0.3) is 0 Å². The van der Waals surface area contributed by atoms with Crippen molar-refractivity contribution >= 4 is 21.5 Å². The van der Waals surface area contributed by atoms with Crippen LogP contribution in [0.15, 0.2) is 33.7 Å². The number of nitrogens with zero attached hydrogens (tertiary/aromatic N) is 2. The summed E-state index contributed by atoms with van der Waals surface area (Å²) >= 11 is 0. The Labute approximate surface area is 186 Å². The molecule has 1 aliphatic heterocycles. The van der Waals surface area contributed by atoms with Gasteiger partial charge in [0.15, 0.2) is 11.7 Å². The van der Waals surface area contributed by atoms with E-state index in [1.165, 1.54) is 6.07 Å². The Morgan fingerprint density at radius 3 is 2.72 bits per heavy atom. The number of hydrogen-bond donors (Lipinski definition) is 3. The van der Waals surface area contributed by atoms with Crippen LogP contribution in [0.1, 0.15) is 74.8 Å². The normalized spacial score (nSPS) is 22.2. The van der Waals surface area contributed by atoms with E-state index in [9.17, 15) is 12.8 Å². The SMILES string of the molecule is CC(C)(C)c1cnc(C2CCC(c3cc(Nc4cc5c(cc4F)S(=O)(=O)NC5)n[nH]3)C2)o1. The Morgan fingerprint density at radius 2 is 1.97 bits per heavy atom. The van der Waals surface area contributed by atoms with Gasteiger partial charge in [0.1, 0.15) is 11.6 Å². The molecule has 32 heavy (non-hydrogen) atoms. The van der Waals surface area contributed by atoms with E-state index in [0.29, 0.717) is 11.4 Å². The van der Waals surface area contributed by atoms with E-state index < -0.39 is 15.8 Å². The van der Waals surface area contributed by atoms with Gasteiger partial charge in [0, 0.05) is 35.6 Å². The van der Waals surface area contributed by atoms with Crippen molar-refractivity contribution in [1.29, 1.82) is 0 Å². The van der Waals surface area contributed by atoms with E-state index in [4.69, 9.17) is 4.42 Å². The lowest BCUT2D eigenvalue weighted by Gasteiger charge is -2.13. The molecule has 0 bridgehead atoms. The third kappa shape index (κ3) is 3.81. The van der Waals surface area contributed by atoms with Gasteiger partial charge in [-0.2, -0.15) is 5.10 Å². The molecule has 2 aliphatic rings. The molecule has 1 saturated carbocycles. The minimum absolute atomic E-state index is 0.0126. The van der Waals surface area contributed by atoms with E-state index in [1.54, 1.807) is 0 Å². The zero-order chi connectivity index (χ0) is 22.7. The average Bonchev–Trinajstić information content (AvgIpc) is 3.48. The number of oxazole rings is 1. The molecule has 3 N–H and O–H groups in total. The van der Waals surface area contributed by atoms with Crippen LogP contribution in [0.3, 0.4) is 0 Å². The highest BCUT2D eigenvalue weighted by Crippen LogP contribution is 2.44. The molecule has 1 aliphatic carbocycles. The van der Waals surface area contributed by atoms with Gasteiger partial charge in [-0.15, -0.1) is 0 Å². The molecular formula is C22H26FN5O3S. The van der Waals surface area contributed by atoms with Crippen molar-refractivity contribution in [3.8, 4) is 0 Å². The van der Waals surface area contributed by atoms with E-state index in [-0.39, 0.29) is 34.4 Å². The maximum absolute atomic E-state index is 14.5. The van der Waals surface area contributed by atoms with Crippen molar-refractivity contribution in [3.05, 3.63) is 53.1 Å². The van der Waals surface area contributed by atoms with Crippen molar-refractivity contribution in [2.24, 2.45) is 0 Å². The molecule has 170 valence electrons. The Hall–Kier alpha value is -2.72. The minimum Gasteiger partial charge on any atom is -0.445 e. The number of halogens is 1. The molecule has 0 radical (unpaired) electrons. The Bertz CT molecular complexity index is 1270. The summed E-state index contributed by atoms with van der Waals surface area (Å²) in [5.41, 5.74) is 1.63. The Balaban J connectivity index is 1.29. The average molecular weight is 460 g/mol. The summed E-state index contributed by atoms with van der Waals surface area (Å²) < 4.78 is 46.7. The zero-order valence-electron chi connectivity index (χ0n) is 18.2. The number of nitrogens with one attached hydrogen (secondary N) is 3. The molecule has 8 nitrogen and oxygen atoms in total. The second-order valence-electron chi connectivity index (χ2n) is 9.62. The van der Waals surface area contributed by atoms with Gasteiger partial charge in [-0.05, 0) is 37.0 Å². The molecule has 1 fully saturated rings. The molecule has 3 aromatic rings. The van der Waals surface area contributed by atoms with Crippen molar-refractivity contribution in [1.82, 2.24) is 19.9 Å². The van der Waals surface area contributed by atoms with Crippen LogP contribution in [-0.4, -0.2) is 23.6 Å². The van der Waals surface area contributed by atoms with E-state index in [1.807, 2.05) is 12.3 Å². The Kier molecular flexibility index (Phi) is 4.90. The van der Waals surface area contributed by atoms with E-state index in [0.717, 1.165) is 42.7 Å². The third-order valence-electron chi connectivity index (χ3n) is 6.24. The molecule has 10 heteroatoms. The second-order valence-corrected chi connectivity index (χ2v) is 11.4. The summed E-state index contributed by atoms with van der Waals surface area (Å²) in [6.45, 7) is 6.47. The van der Waals surface area contributed by atoms with Gasteiger partial charge in [0.2, 0.25) is 10.0 Å². The van der Waals surface area contributed by atoms with Crippen LogP contribution < -0.4 is 10.0 Å². The molecule has 2 atom stereocenters. The largest absolute Gasteiger partial charge is 0.445 e. The quantitative estimate of drug-likeness (QED) is 0.532. The number of aromatic amines is 1. The molecule has 0 spiro atoms. The summed E-state index contributed by atoms with van der Waals surface area (Å²) in [4.78, 5) is 4.50. The van der Waals surface area contributed by atoms with Crippen molar-refractivity contribution in [2.75, 3.05) is 5.32 Å². The molecular weight excluding hydrogens is 433 g/mol. The first-order valence-electron chi connectivity index (χ1n) is 10.7. The number of anilines is 2. The Morgan fingerprint density at radius 1 is 1.19 bits per heavy atom. The van der Waals surface area contributed by atoms with Gasteiger partial charge in [-0.1, -0.05) is 20.8 Å². The molecule has 5 rings (SSSR count). The molecule has 0 saturated heterocycles. The molecule has 3 heterocycles. The summed E-state index contributed by atoms with van der Waals surface area (Å²) in [5.74, 6) is 2.08. The predicted molar refractivity (Wildman–Crippen MR) is 117 cm³/mol. The number of aromatic nitrogens is 3. The number of fused-ring (bicyclic) bond motifs is 1. The maximum Gasteiger partial charge on any atom is 0.241 e. The molecule has 0 amide bonds. The van der Waals surface area contributed by atoms with Crippen molar-refractivity contribution in [3.63, 3.8) is 0 Å². The van der Waals surface area contributed by atoms with Gasteiger partial charge in [0.05, 0.1) is 16.8 Å². The van der Waals surface area contributed by atoms with Gasteiger partial charge in [-0.25, -0.2) is 22.5 Å². The highest BCUT2D eigenvalue weighted by molar-refractivity contribution is 7.89. The summed E-state index contributed by atoms with van der Waals surface area (Å²) in [6.07, 6.45) is 4.70. The van der Waals surface area contributed by atoms with E-state index in [2.05, 4.69) is 46.0 Å². The third-order valence-corrected chi connectivity index (χ3v) is 7.72. The molecule has 1 aromatic carbocycles. The summed E-state index contributed by atoms with van der Waals surface area (Å²) in [5, 5.41) is 10.3. The van der Waals surface area contributed by atoms with E-state index >= 15 is 0 Å². The lowest BCUT2D eigenvalue weighted by atomic mass is 9.94. The molecule has 2 unspecified atom stereocenters. The van der Waals surface area contributed by atoms with Crippen LogP contribution in [0.2, 0.25) is 0 Å². The minimum atomic E-state index is -3.61. The fraction of sp³-hybridized carbons (Fsp3) is 0.455. The predicted octanol–water partition coefficient (Wildman–Crippen LogP) is 4.42. The van der Waals surface area contributed by atoms with Crippen LogP contribution in [0.4, 0.5) is 15.9 Å². The topological polar surface area (TPSA) is 113 Å². The lowest BCUT2D eigenvalue weighted by Crippen LogP contribution is -2.13. The molecule has 2 aromatic heterocycles. The first-order chi connectivity index (χ1) is 15.1. The van der Waals surface area contributed by atoms with Crippen molar-refractivity contribution < 1.29 is 17.2 Å². The standard InChI is InChI=1S/C22H26FN5O3S/c1-22(2,3)19-11-24-21(31-19)13-5-4-12(6-13)16-9-20(28-27-16)26-17-7-14-10-25-32(29,30)18(14)8-15(17)23/h7-9,11-13,25H,4-6,10H2,1-3H3,(H2,26,27,28). The number of benzene rings is 1. The van der Waals surface area contributed by atoms with Gasteiger partial charge >= 0.3 is 0 Å². The lowest BCUT2D eigenvalue weighted by molar-refractivity contribution is 0.363. The van der Waals surface area contributed by atoms with Crippen LogP contribution in [-0.2, 0) is 22.0 Å². The first-order valence-corrected chi connectivity index (χ1v) is 12.2. The smallest absolute Gasteiger partial charge is 0.241 e. The monoisotopic (exact) mass is 459 g/mol. The second kappa shape index (κ2) is 7.41. The van der Waals surface area contributed by atoms with Crippen LogP contribution in [0, 0.1) is 5.82 Å². The number of hydrogen-bond acceptors (Lipinski definition) is 6. The fourth-order valence-corrected chi connectivity index (χ4v) is 5.63. The van der Waals surface area contributed by atoms with Gasteiger partial charge < -0.3 is 9.73 Å². The van der Waals surface area contributed by atoms with Crippen molar-refractivity contribution in [2.45, 2.75) is 68.7 Å².